The number of ether oxygens (including phenoxy) is 3. The number of thiazole rings is 1. The maximum Gasteiger partial charge on any atom is 0.293 e. The first-order valence-corrected chi connectivity index (χ1v) is 15.3. The molecule has 42 heavy (non-hydrogen) atoms. The Morgan fingerprint density at radius 3 is 2.60 bits per heavy atom. The summed E-state index contributed by atoms with van der Waals surface area (Å²) in [6.45, 7) is 14.2. The van der Waals surface area contributed by atoms with E-state index in [-0.39, 0.29) is 23.5 Å². The fourth-order valence-electron chi connectivity index (χ4n) is 5.49. The Labute approximate surface area is 252 Å². The fourth-order valence-corrected chi connectivity index (χ4v) is 6.48. The molecule has 0 radical (unpaired) electrons. The number of aromatic nitrogens is 3. The standard InChI is InChI=1S/C33H41N3O5S/c1-8-36-28-13-12-23(27-18-42-32(35-27)31(41-9-2)21(3)17-37)15-25(28)26(16-33(5,6)19-40-20-38)30(36)24-11-10-14-34-29(24)22(4)39-7/h10-15,17-18,20-22,31H,8-9,16,19H2,1-7H3. The van der Waals surface area contributed by atoms with Crippen LogP contribution in [0.25, 0.3) is 33.4 Å². The van der Waals surface area contributed by atoms with Crippen molar-refractivity contribution in [1.82, 2.24) is 14.5 Å². The zero-order valence-corrected chi connectivity index (χ0v) is 26.4. The molecule has 4 aromatic rings. The van der Waals surface area contributed by atoms with Crippen molar-refractivity contribution in [2.45, 2.75) is 66.7 Å². The Balaban J connectivity index is 1.94. The Morgan fingerprint density at radius 1 is 1.14 bits per heavy atom. The van der Waals surface area contributed by atoms with Gasteiger partial charge in [0.2, 0.25) is 0 Å². The minimum Gasteiger partial charge on any atom is -0.467 e. The van der Waals surface area contributed by atoms with Crippen LogP contribution in [0.5, 0.6) is 0 Å². The molecule has 0 saturated carbocycles. The molecule has 1 aromatic carbocycles. The maximum atomic E-state index is 11.6. The first kappa shape index (κ1) is 31.5. The normalized spacial score (nSPS) is 14.1. The van der Waals surface area contributed by atoms with Gasteiger partial charge in [-0.25, -0.2) is 4.98 Å². The van der Waals surface area contributed by atoms with Crippen LogP contribution in [0.15, 0.2) is 41.9 Å². The summed E-state index contributed by atoms with van der Waals surface area (Å²) in [5, 5.41) is 3.93. The molecule has 0 amide bonds. The van der Waals surface area contributed by atoms with Gasteiger partial charge in [0.15, 0.2) is 0 Å². The number of hydrogen-bond donors (Lipinski definition) is 0. The Morgan fingerprint density at radius 2 is 1.93 bits per heavy atom. The van der Waals surface area contributed by atoms with E-state index in [1.807, 2.05) is 32.2 Å². The van der Waals surface area contributed by atoms with Crippen LogP contribution < -0.4 is 0 Å². The van der Waals surface area contributed by atoms with E-state index in [0.29, 0.717) is 26.1 Å². The highest BCUT2D eigenvalue weighted by Gasteiger charge is 2.29. The van der Waals surface area contributed by atoms with E-state index in [2.05, 4.69) is 49.6 Å². The third-order valence-electron chi connectivity index (χ3n) is 7.61. The van der Waals surface area contributed by atoms with Crippen molar-refractivity contribution in [3.8, 4) is 22.5 Å². The molecule has 3 unspecified atom stereocenters. The third-order valence-corrected chi connectivity index (χ3v) is 8.52. The predicted octanol–water partition coefficient (Wildman–Crippen LogP) is 7.21. The van der Waals surface area contributed by atoms with Gasteiger partial charge in [-0.05, 0) is 57.0 Å². The van der Waals surface area contributed by atoms with Gasteiger partial charge in [0.05, 0.1) is 29.8 Å². The van der Waals surface area contributed by atoms with Crippen LogP contribution in [-0.4, -0.2) is 47.6 Å². The molecule has 0 bridgehead atoms. The van der Waals surface area contributed by atoms with Gasteiger partial charge < -0.3 is 23.6 Å². The lowest BCUT2D eigenvalue weighted by Gasteiger charge is -2.25. The number of aldehydes is 1. The van der Waals surface area contributed by atoms with Crippen molar-refractivity contribution in [3.63, 3.8) is 0 Å². The highest BCUT2D eigenvalue weighted by Crippen LogP contribution is 2.42. The molecule has 0 spiro atoms. The molecule has 3 aromatic heterocycles. The monoisotopic (exact) mass is 591 g/mol. The summed E-state index contributed by atoms with van der Waals surface area (Å²) in [4.78, 5) is 32.3. The van der Waals surface area contributed by atoms with E-state index in [9.17, 15) is 9.59 Å². The fraction of sp³-hybridized carbons (Fsp3) is 0.455. The van der Waals surface area contributed by atoms with E-state index in [4.69, 9.17) is 24.2 Å². The Kier molecular flexibility index (Phi) is 10.3. The Hall–Kier alpha value is -3.40. The number of carbonyl (C=O) groups is 2. The molecule has 4 rings (SSSR count). The molecule has 3 atom stereocenters. The van der Waals surface area contributed by atoms with Gasteiger partial charge in [-0.1, -0.05) is 26.8 Å². The Bertz CT molecular complexity index is 1530. The molecular weight excluding hydrogens is 550 g/mol. The highest BCUT2D eigenvalue weighted by atomic mass is 32.1. The highest BCUT2D eigenvalue weighted by molar-refractivity contribution is 7.10. The SMILES string of the molecule is CCOC(c1nc(-c2ccc3c(c2)c(CC(C)(C)COC=O)c(-c2cccnc2C(C)OC)n3CC)cs1)C(C)C=O. The van der Waals surface area contributed by atoms with Gasteiger partial charge in [-0.2, -0.15) is 0 Å². The molecule has 0 aliphatic carbocycles. The lowest BCUT2D eigenvalue weighted by atomic mass is 9.84. The number of benzene rings is 1. The minimum absolute atomic E-state index is 0.195. The average Bonchev–Trinajstić information content (AvgIpc) is 3.60. The first-order valence-electron chi connectivity index (χ1n) is 14.4. The number of rotatable bonds is 15. The van der Waals surface area contributed by atoms with E-state index >= 15 is 0 Å². The molecule has 9 heteroatoms. The van der Waals surface area contributed by atoms with Crippen LogP contribution >= 0.6 is 11.3 Å². The van der Waals surface area contributed by atoms with Crippen LogP contribution in [-0.2, 0) is 36.8 Å². The van der Waals surface area contributed by atoms with Gasteiger partial charge in [0.25, 0.3) is 6.47 Å². The van der Waals surface area contributed by atoms with Crippen molar-refractivity contribution in [1.29, 1.82) is 0 Å². The molecule has 0 aliphatic heterocycles. The van der Waals surface area contributed by atoms with Crippen LogP contribution in [0.2, 0.25) is 0 Å². The van der Waals surface area contributed by atoms with Crippen LogP contribution in [0.4, 0.5) is 0 Å². The quantitative estimate of drug-likeness (QED) is 0.135. The summed E-state index contributed by atoms with van der Waals surface area (Å²) < 4.78 is 19.2. The summed E-state index contributed by atoms with van der Waals surface area (Å²) in [6.07, 6.45) is 2.82. The van der Waals surface area contributed by atoms with E-state index in [1.165, 1.54) is 11.3 Å². The molecule has 0 N–H and O–H groups in total. The minimum atomic E-state index is -0.372. The number of aryl methyl sites for hydroxylation is 1. The van der Waals surface area contributed by atoms with Gasteiger partial charge >= 0.3 is 0 Å². The van der Waals surface area contributed by atoms with Gasteiger partial charge in [0.1, 0.15) is 17.4 Å². The van der Waals surface area contributed by atoms with Crippen LogP contribution in [0, 0.1) is 11.3 Å². The molecule has 224 valence electrons. The largest absolute Gasteiger partial charge is 0.467 e. The van der Waals surface area contributed by atoms with E-state index in [1.54, 1.807) is 13.3 Å². The predicted molar refractivity (Wildman–Crippen MR) is 166 cm³/mol. The van der Waals surface area contributed by atoms with Crippen molar-refractivity contribution in [2.24, 2.45) is 11.3 Å². The average molecular weight is 592 g/mol. The number of nitrogens with zero attached hydrogens (tertiary/aromatic N) is 3. The lowest BCUT2D eigenvalue weighted by molar-refractivity contribution is -0.131. The number of methoxy groups -OCH3 is 1. The van der Waals surface area contributed by atoms with Crippen molar-refractivity contribution < 1.29 is 23.8 Å². The summed E-state index contributed by atoms with van der Waals surface area (Å²) in [5.41, 5.74) is 6.75. The third kappa shape index (κ3) is 6.48. The van der Waals surface area contributed by atoms with Gasteiger partial charge in [0, 0.05) is 65.2 Å². The van der Waals surface area contributed by atoms with Crippen molar-refractivity contribution in [2.75, 3.05) is 20.3 Å². The topological polar surface area (TPSA) is 92.5 Å². The number of pyridine rings is 1. The number of hydrogen-bond acceptors (Lipinski definition) is 8. The molecule has 3 heterocycles. The van der Waals surface area contributed by atoms with E-state index in [0.717, 1.165) is 62.5 Å². The zero-order valence-electron chi connectivity index (χ0n) is 25.5. The molecular formula is C33H41N3O5S. The molecule has 0 fully saturated rings. The second-order valence-corrected chi connectivity index (χ2v) is 12.2. The summed E-state index contributed by atoms with van der Waals surface area (Å²) in [6, 6.07) is 10.5. The number of fused-ring (bicyclic) bond motifs is 1. The molecule has 0 saturated heterocycles. The summed E-state index contributed by atoms with van der Waals surface area (Å²) in [7, 11) is 1.69. The number of carbonyl (C=O) groups excluding carboxylic acids is 2. The van der Waals surface area contributed by atoms with Crippen molar-refractivity contribution >= 4 is 35.0 Å². The summed E-state index contributed by atoms with van der Waals surface area (Å²) >= 11 is 1.51. The zero-order chi connectivity index (χ0) is 30.4. The second kappa shape index (κ2) is 13.7. The first-order chi connectivity index (χ1) is 20.2. The van der Waals surface area contributed by atoms with E-state index < -0.39 is 0 Å². The van der Waals surface area contributed by atoms with Crippen LogP contribution in [0.1, 0.15) is 70.0 Å². The lowest BCUT2D eigenvalue weighted by Crippen LogP contribution is -2.22. The van der Waals surface area contributed by atoms with Crippen LogP contribution in [0.3, 0.4) is 0 Å². The second-order valence-electron chi connectivity index (χ2n) is 11.3. The van der Waals surface area contributed by atoms with Crippen molar-refractivity contribution in [3.05, 3.63) is 58.2 Å². The van der Waals surface area contributed by atoms with Gasteiger partial charge in [-0.3, -0.25) is 9.78 Å². The molecule has 8 nitrogen and oxygen atoms in total. The van der Waals surface area contributed by atoms with Gasteiger partial charge in [-0.15, -0.1) is 11.3 Å². The smallest absolute Gasteiger partial charge is 0.293 e. The molecule has 0 aliphatic rings. The summed E-state index contributed by atoms with van der Waals surface area (Å²) in [5.74, 6) is -0.293. The maximum absolute atomic E-state index is 11.6.